The van der Waals surface area contributed by atoms with Crippen molar-refractivity contribution in [2.75, 3.05) is 26.2 Å². The summed E-state index contributed by atoms with van der Waals surface area (Å²) >= 11 is 0. The van der Waals surface area contributed by atoms with Gasteiger partial charge >= 0.3 is 0 Å². The van der Waals surface area contributed by atoms with Gasteiger partial charge in [-0.3, -0.25) is 0 Å². The summed E-state index contributed by atoms with van der Waals surface area (Å²) in [6, 6.07) is 8.83. The second kappa shape index (κ2) is 8.45. The fraction of sp³-hybridized carbons (Fsp3) is 0.684. The zero-order chi connectivity index (χ0) is 16.8. The second-order valence-electron chi connectivity index (χ2n) is 7.28. The fourth-order valence-corrected chi connectivity index (χ4v) is 5.54. The van der Waals surface area contributed by atoms with Gasteiger partial charge in [0.25, 0.3) is 0 Å². The molecule has 0 unspecified atom stereocenters. The van der Waals surface area contributed by atoms with Crippen LogP contribution in [0.2, 0.25) is 0 Å². The first-order chi connectivity index (χ1) is 11.7. The van der Waals surface area contributed by atoms with E-state index in [1.165, 1.54) is 45.2 Å². The number of hydrogen-bond donors (Lipinski definition) is 1. The van der Waals surface area contributed by atoms with E-state index in [1.807, 2.05) is 6.07 Å². The third-order valence-corrected chi connectivity index (χ3v) is 7.55. The summed E-state index contributed by atoms with van der Waals surface area (Å²) in [5.41, 5.74) is 0. The first-order valence-corrected chi connectivity index (χ1v) is 10.9. The molecular formula is C19H30N2O2S. The van der Waals surface area contributed by atoms with E-state index in [2.05, 4.69) is 5.32 Å². The summed E-state index contributed by atoms with van der Waals surface area (Å²) in [7, 11) is -3.30. The molecule has 0 spiro atoms. The lowest BCUT2D eigenvalue weighted by molar-refractivity contribution is 0.250. The normalized spacial score (nSPS) is 21.8. The molecule has 4 nitrogen and oxygen atoms in total. The molecule has 0 radical (unpaired) electrons. The quantitative estimate of drug-likeness (QED) is 0.857. The van der Waals surface area contributed by atoms with Crippen molar-refractivity contribution in [3.05, 3.63) is 30.3 Å². The number of nitrogens with one attached hydrogen (secondary N) is 1. The van der Waals surface area contributed by atoms with E-state index in [4.69, 9.17) is 0 Å². The Hall–Kier alpha value is -0.910. The minimum absolute atomic E-state index is 0.425. The van der Waals surface area contributed by atoms with E-state index in [0.29, 0.717) is 23.9 Å². The van der Waals surface area contributed by atoms with Gasteiger partial charge in [0.05, 0.1) is 4.90 Å². The lowest BCUT2D eigenvalue weighted by Crippen LogP contribution is -2.38. The van der Waals surface area contributed by atoms with Gasteiger partial charge in [0.2, 0.25) is 10.0 Å². The zero-order valence-electron chi connectivity index (χ0n) is 14.5. The number of rotatable bonds is 6. The van der Waals surface area contributed by atoms with Crippen LogP contribution in [0.5, 0.6) is 0 Å². The monoisotopic (exact) mass is 350 g/mol. The first-order valence-electron chi connectivity index (χ1n) is 9.42. The van der Waals surface area contributed by atoms with Crippen LogP contribution >= 0.6 is 0 Å². The highest BCUT2D eigenvalue weighted by Gasteiger charge is 2.29. The molecule has 134 valence electrons. The number of piperidine rings is 2. The summed E-state index contributed by atoms with van der Waals surface area (Å²) in [5, 5.41) is 3.42. The van der Waals surface area contributed by atoms with Crippen LogP contribution in [-0.2, 0) is 10.0 Å². The topological polar surface area (TPSA) is 49.4 Å². The SMILES string of the molecule is O=S(=O)(c1ccccc1)N1CCC(CCCC2CCNCC2)CC1. The third kappa shape index (κ3) is 4.58. The smallest absolute Gasteiger partial charge is 0.243 e. The van der Waals surface area contributed by atoms with Gasteiger partial charge < -0.3 is 5.32 Å². The highest BCUT2D eigenvalue weighted by molar-refractivity contribution is 7.89. The van der Waals surface area contributed by atoms with Gasteiger partial charge in [-0.15, -0.1) is 0 Å². The fourth-order valence-electron chi connectivity index (χ4n) is 4.05. The highest BCUT2D eigenvalue weighted by Crippen LogP contribution is 2.28. The summed E-state index contributed by atoms with van der Waals surface area (Å²) in [6.45, 7) is 3.71. The van der Waals surface area contributed by atoms with Crippen molar-refractivity contribution in [3.8, 4) is 0 Å². The molecule has 1 aromatic rings. The minimum atomic E-state index is -3.30. The van der Waals surface area contributed by atoms with Crippen LogP contribution < -0.4 is 5.32 Å². The van der Waals surface area contributed by atoms with Crippen molar-refractivity contribution in [1.29, 1.82) is 0 Å². The Morgan fingerprint density at radius 3 is 2.12 bits per heavy atom. The third-order valence-electron chi connectivity index (χ3n) is 5.64. The summed E-state index contributed by atoms with van der Waals surface area (Å²) in [6.07, 6.45) is 8.60. The van der Waals surface area contributed by atoms with Gasteiger partial charge in [-0.05, 0) is 62.7 Å². The first kappa shape index (κ1) is 17.9. The van der Waals surface area contributed by atoms with Crippen molar-refractivity contribution < 1.29 is 8.42 Å². The molecule has 2 saturated heterocycles. The molecule has 0 saturated carbocycles. The Morgan fingerprint density at radius 2 is 1.50 bits per heavy atom. The van der Waals surface area contributed by atoms with Gasteiger partial charge in [0, 0.05) is 13.1 Å². The Balaban J connectivity index is 1.42. The van der Waals surface area contributed by atoms with Crippen LogP contribution in [0.3, 0.4) is 0 Å². The predicted molar refractivity (Wildman–Crippen MR) is 97.4 cm³/mol. The van der Waals surface area contributed by atoms with Crippen LogP contribution in [0, 0.1) is 11.8 Å². The minimum Gasteiger partial charge on any atom is -0.317 e. The molecule has 2 fully saturated rings. The zero-order valence-corrected chi connectivity index (χ0v) is 15.3. The molecule has 0 atom stereocenters. The summed E-state index contributed by atoms with van der Waals surface area (Å²) in [5.74, 6) is 1.61. The summed E-state index contributed by atoms with van der Waals surface area (Å²) < 4.78 is 26.9. The van der Waals surface area contributed by atoms with E-state index in [1.54, 1.807) is 28.6 Å². The van der Waals surface area contributed by atoms with Crippen LogP contribution in [0.1, 0.15) is 44.9 Å². The van der Waals surface area contributed by atoms with Gasteiger partial charge in [-0.25, -0.2) is 8.42 Å². The molecule has 0 bridgehead atoms. The molecule has 0 aromatic heterocycles. The number of hydrogen-bond acceptors (Lipinski definition) is 3. The molecule has 5 heteroatoms. The lowest BCUT2D eigenvalue weighted by atomic mass is 9.87. The molecule has 0 amide bonds. The Labute approximate surface area is 146 Å². The Morgan fingerprint density at radius 1 is 0.917 bits per heavy atom. The molecule has 1 N–H and O–H groups in total. The maximum absolute atomic E-state index is 12.6. The number of nitrogens with zero attached hydrogens (tertiary/aromatic N) is 1. The van der Waals surface area contributed by atoms with Crippen LogP contribution in [-0.4, -0.2) is 38.9 Å². The highest BCUT2D eigenvalue weighted by atomic mass is 32.2. The molecule has 2 aliphatic rings. The molecule has 1 aromatic carbocycles. The Kier molecular flexibility index (Phi) is 6.31. The molecule has 24 heavy (non-hydrogen) atoms. The standard InChI is InChI=1S/C19H30N2O2S/c22-24(23,19-7-2-1-3-8-19)21-15-11-18(12-16-21)6-4-5-17-9-13-20-14-10-17/h1-3,7-8,17-18,20H,4-6,9-16H2. The van der Waals surface area contributed by atoms with Gasteiger partial charge in [-0.1, -0.05) is 37.5 Å². The number of benzene rings is 1. The van der Waals surface area contributed by atoms with E-state index in [0.717, 1.165) is 18.8 Å². The van der Waals surface area contributed by atoms with Gasteiger partial charge in [-0.2, -0.15) is 4.31 Å². The van der Waals surface area contributed by atoms with Crippen molar-refractivity contribution in [3.63, 3.8) is 0 Å². The molecule has 2 aliphatic heterocycles. The average molecular weight is 351 g/mol. The van der Waals surface area contributed by atoms with Crippen molar-refractivity contribution in [1.82, 2.24) is 9.62 Å². The van der Waals surface area contributed by atoms with E-state index in [9.17, 15) is 8.42 Å². The average Bonchev–Trinajstić information content (AvgIpc) is 2.64. The molecular weight excluding hydrogens is 320 g/mol. The lowest BCUT2D eigenvalue weighted by Gasteiger charge is -2.31. The predicted octanol–water partition coefficient (Wildman–Crippen LogP) is 3.26. The van der Waals surface area contributed by atoms with Crippen molar-refractivity contribution >= 4 is 10.0 Å². The van der Waals surface area contributed by atoms with Gasteiger partial charge in [0.1, 0.15) is 0 Å². The van der Waals surface area contributed by atoms with Crippen LogP contribution in [0.4, 0.5) is 0 Å². The molecule has 2 heterocycles. The molecule has 3 rings (SSSR count). The van der Waals surface area contributed by atoms with Crippen LogP contribution in [0.15, 0.2) is 35.2 Å². The van der Waals surface area contributed by atoms with E-state index >= 15 is 0 Å². The van der Waals surface area contributed by atoms with E-state index in [-0.39, 0.29) is 0 Å². The maximum atomic E-state index is 12.6. The van der Waals surface area contributed by atoms with Crippen LogP contribution in [0.25, 0.3) is 0 Å². The summed E-state index contributed by atoms with van der Waals surface area (Å²) in [4.78, 5) is 0.425. The van der Waals surface area contributed by atoms with E-state index < -0.39 is 10.0 Å². The van der Waals surface area contributed by atoms with Crippen molar-refractivity contribution in [2.45, 2.75) is 49.8 Å². The largest absolute Gasteiger partial charge is 0.317 e. The second-order valence-corrected chi connectivity index (χ2v) is 9.22. The maximum Gasteiger partial charge on any atom is 0.243 e. The Bertz CT molecular complexity index is 589. The van der Waals surface area contributed by atoms with Crippen molar-refractivity contribution in [2.24, 2.45) is 11.8 Å². The van der Waals surface area contributed by atoms with Gasteiger partial charge in [0.15, 0.2) is 0 Å². The molecule has 0 aliphatic carbocycles. The number of sulfonamides is 1.